The molecule has 0 spiro atoms. The number of benzene rings is 1. The van der Waals surface area contributed by atoms with Crippen molar-refractivity contribution in [2.75, 3.05) is 11.9 Å². The summed E-state index contributed by atoms with van der Waals surface area (Å²) in [6.45, 7) is 3.13. The van der Waals surface area contributed by atoms with E-state index in [1.807, 2.05) is 31.2 Å². The van der Waals surface area contributed by atoms with E-state index in [1.54, 1.807) is 11.1 Å². The minimum Gasteiger partial charge on any atom is -0.444 e. The maximum absolute atomic E-state index is 12.1. The van der Waals surface area contributed by atoms with E-state index in [9.17, 15) is 4.79 Å². The Bertz CT molecular complexity index is 606. The second kappa shape index (κ2) is 4.76. The number of oxazole rings is 1. The molecule has 3 rings (SSSR count). The number of hydrogen-bond donors (Lipinski definition) is 1. The first-order chi connectivity index (χ1) is 9.22. The summed E-state index contributed by atoms with van der Waals surface area (Å²) in [6.07, 6.45) is 1.67. The molecule has 1 aliphatic heterocycles. The highest BCUT2D eigenvalue weighted by Crippen LogP contribution is 2.21. The second-order valence-corrected chi connectivity index (χ2v) is 4.63. The third kappa shape index (κ3) is 2.45. The van der Waals surface area contributed by atoms with Crippen LogP contribution in [0.15, 0.2) is 34.9 Å². The van der Waals surface area contributed by atoms with Gasteiger partial charge in [-0.2, -0.15) is 0 Å². The molecule has 1 N–H and O–H groups in total. The lowest BCUT2D eigenvalue weighted by atomic mass is 10.2. The Kier molecular flexibility index (Phi) is 2.95. The Morgan fingerprint density at radius 2 is 2.26 bits per heavy atom. The topological polar surface area (TPSA) is 58.4 Å². The molecule has 2 heterocycles. The van der Waals surface area contributed by atoms with E-state index in [0.717, 1.165) is 17.0 Å². The minimum atomic E-state index is 0.0482. The van der Waals surface area contributed by atoms with Crippen molar-refractivity contribution in [2.45, 2.75) is 20.0 Å². The average Bonchev–Trinajstić information content (AvgIpc) is 2.74. The number of amides is 1. The standard InChI is InChI=1S/C14H15N3O2/c1-10-6-16-13(19-10)9-17-8-11-4-2-3-5-12(11)15-7-14(17)18/h2-6,15H,7-9H2,1H3. The molecule has 0 radical (unpaired) electrons. The normalized spacial score (nSPS) is 14.8. The smallest absolute Gasteiger partial charge is 0.242 e. The first-order valence-corrected chi connectivity index (χ1v) is 6.23. The summed E-state index contributed by atoms with van der Waals surface area (Å²) in [6, 6.07) is 7.95. The fourth-order valence-corrected chi connectivity index (χ4v) is 2.19. The monoisotopic (exact) mass is 257 g/mol. The van der Waals surface area contributed by atoms with Gasteiger partial charge in [0.05, 0.1) is 19.3 Å². The van der Waals surface area contributed by atoms with Crippen LogP contribution in [0.25, 0.3) is 0 Å². The van der Waals surface area contributed by atoms with Gasteiger partial charge in [0, 0.05) is 12.2 Å². The van der Waals surface area contributed by atoms with Crippen LogP contribution in [0.2, 0.25) is 0 Å². The van der Waals surface area contributed by atoms with E-state index < -0.39 is 0 Å². The first kappa shape index (κ1) is 11.8. The van der Waals surface area contributed by atoms with Crippen molar-refractivity contribution in [3.8, 4) is 0 Å². The molecule has 0 fully saturated rings. The number of aromatic nitrogens is 1. The van der Waals surface area contributed by atoms with Gasteiger partial charge in [-0.15, -0.1) is 0 Å². The molecule has 19 heavy (non-hydrogen) atoms. The minimum absolute atomic E-state index is 0.0482. The van der Waals surface area contributed by atoms with Crippen LogP contribution in [0.1, 0.15) is 17.2 Å². The fraction of sp³-hybridized carbons (Fsp3) is 0.286. The molecular weight excluding hydrogens is 242 g/mol. The van der Waals surface area contributed by atoms with Gasteiger partial charge in [0.15, 0.2) is 0 Å². The van der Waals surface area contributed by atoms with Crippen molar-refractivity contribution < 1.29 is 9.21 Å². The molecule has 0 saturated heterocycles. The third-order valence-corrected chi connectivity index (χ3v) is 3.16. The predicted octanol–water partition coefficient (Wildman–Crippen LogP) is 1.94. The highest BCUT2D eigenvalue weighted by molar-refractivity contribution is 5.82. The van der Waals surface area contributed by atoms with E-state index in [0.29, 0.717) is 25.5 Å². The Morgan fingerprint density at radius 1 is 1.42 bits per heavy atom. The highest BCUT2D eigenvalue weighted by Gasteiger charge is 2.21. The lowest BCUT2D eigenvalue weighted by Crippen LogP contribution is -2.32. The van der Waals surface area contributed by atoms with Gasteiger partial charge >= 0.3 is 0 Å². The summed E-state index contributed by atoms with van der Waals surface area (Å²) in [4.78, 5) is 18.0. The van der Waals surface area contributed by atoms with Crippen LogP contribution in [-0.4, -0.2) is 22.3 Å². The largest absolute Gasteiger partial charge is 0.444 e. The summed E-state index contributed by atoms with van der Waals surface area (Å²) < 4.78 is 5.44. The molecule has 5 heteroatoms. The molecule has 0 aliphatic carbocycles. The number of hydrogen-bond acceptors (Lipinski definition) is 4. The number of para-hydroxylation sites is 1. The molecule has 2 aromatic rings. The quantitative estimate of drug-likeness (QED) is 0.893. The van der Waals surface area contributed by atoms with Gasteiger partial charge in [0.25, 0.3) is 0 Å². The molecule has 1 aromatic carbocycles. The maximum atomic E-state index is 12.1. The van der Waals surface area contributed by atoms with Crippen molar-refractivity contribution in [1.82, 2.24) is 9.88 Å². The Balaban J connectivity index is 1.83. The highest BCUT2D eigenvalue weighted by atomic mass is 16.4. The van der Waals surface area contributed by atoms with Crippen molar-refractivity contribution in [1.29, 1.82) is 0 Å². The summed E-state index contributed by atoms with van der Waals surface area (Å²) in [5.74, 6) is 1.38. The van der Waals surface area contributed by atoms with Crippen LogP contribution >= 0.6 is 0 Å². The lowest BCUT2D eigenvalue weighted by Gasteiger charge is -2.18. The summed E-state index contributed by atoms with van der Waals surface area (Å²) in [5, 5.41) is 3.15. The van der Waals surface area contributed by atoms with Gasteiger partial charge in [-0.05, 0) is 18.6 Å². The molecule has 1 aromatic heterocycles. The average molecular weight is 257 g/mol. The number of anilines is 1. The molecule has 1 amide bonds. The molecule has 5 nitrogen and oxygen atoms in total. The zero-order chi connectivity index (χ0) is 13.2. The summed E-state index contributed by atoms with van der Waals surface area (Å²) >= 11 is 0. The number of fused-ring (bicyclic) bond motifs is 1. The van der Waals surface area contributed by atoms with Gasteiger partial charge in [-0.25, -0.2) is 4.98 Å². The number of nitrogens with one attached hydrogen (secondary N) is 1. The van der Waals surface area contributed by atoms with Gasteiger partial charge in [0.2, 0.25) is 11.8 Å². The van der Waals surface area contributed by atoms with Crippen molar-refractivity contribution in [3.63, 3.8) is 0 Å². The molecule has 0 atom stereocenters. The molecule has 98 valence electrons. The number of nitrogens with zero attached hydrogens (tertiary/aromatic N) is 2. The number of aryl methyl sites for hydroxylation is 1. The zero-order valence-electron chi connectivity index (χ0n) is 10.7. The molecule has 0 saturated carbocycles. The van der Waals surface area contributed by atoms with Crippen LogP contribution < -0.4 is 5.32 Å². The van der Waals surface area contributed by atoms with Gasteiger partial charge in [0.1, 0.15) is 5.76 Å². The number of rotatable bonds is 2. The second-order valence-electron chi connectivity index (χ2n) is 4.63. The predicted molar refractivity (Wildman–Crippen MR) is 70.4 cm³/mol. The number of carbonyl (C=O) groups excluding carboxylic acids is 1. The Hall–Kier alpha value is -2.30. The Morgan fingerprint density at radius 3 is 3.05 bits per heavy atom. The summed E-state index contributed by atoms with van der Waals surface area (Å²) in [5.41, 5.74) is 2.12. The SMILES string of the molecule is Cc1cnc(CN2Cc3ccccc3NCC2=O)o1. The van der Waals surface area contributed by atoms with E-state index in [4.69, 9.17) is 4.42 Å². The van der Waals surface area contributed by atoms with Crippen molar-refractivity contribution in [3.05, 3.63) is 47.7 Å². The van der Waals surface area contributed by atoms with Crippen LogP contribution in [0.5, 0.6) is 0 Å². The van der Waals surface area contributed by atoms with Crippen LogP contribution in [0, 0.1) is 6.92 Å². The van der Waals surface area contributed by atoms with Gasteiger partial charge in [-0.1, -0.05) is 18.2 Å². The zero-order valence-corrected chi connectivity index (χ0v) is 10.7. The van der Waals surface area contributed by atoms with Crippen LogP contribution in [0.3, 0.4) is 0 Å². The van der Waals surface area contributed by atoms with Crippen molar-refractivity contribution in [2.24, 2.45) is 0 Å². The first-order valence-electron chi connectivity index (χ1n) is 6.23. The van der Waals surface area contributed by atoms with Crippen LogP contribution in [0.4, 0.5) is 5.69 Å². The van der Waals surface area contributed by atoms with Crippen LogP contribution in [-0.2, 0) is 17.9 Å². The Labute approximate surface area is 111 Å². The summed E-state index contributed by atoms with van der Waals surface area (Å²) in [7, 11) is 0. The number of carbonyl (C=O) groups is 1. The van der Waals surface area contributed by atoms with Gasteiger partial charge in [-0.3, -0.25) is 4.79 Å². The molecular formula is C14H15N3O2. The fourth-order valence-electron chi connectivity index (χ4n) is 2.19. The maximum Gasteiger partial charge on any atom is 0.242 e. The van der Waals surface area contributed by atoms with E-state index in [2.05, 4.69) is 10.3 Å². The lowest BCUT2D eigenvalue weighted by molar-refractivity contribution is -0.130. The van der Waals surface area contributed by atoms with E-state index in [1.165, 1.54) is 0 Å². The molecule has 0 unspecified atom stereocenters. The third-order valence-electron chi connectivity index (χ3n) is 3.16. The molecule has 0 bridgehead atoms. The van der Waals surface area contributed by atoms with E-state index >= 15 is 0 Å². The van der Waals surface area contributed by atoms with Crippen molar-refractivity contribution >= 4 is 11.6 Å². The van der Waals surface area contributed by atoms with Gasteiger partial charge < -0.3 is 14.6 Å². The molecule has 1 aliphatic rings. The van der Waals surface area contributed by atoms with E-state index in [-0.39, 0.29) is 5.91 Å².